The molecule has 2 aromatic rings. The van der Waals surface area contributed by atoms with Crippen molar-refractivity contribution in [3.63, 3.8) is 0 Å². The van der Waals surface area contributed by atoms with Crippen molar-refractivity contribution in [2.45, 2.75) is 31.9 Å². The molecule has 2 unspecified atom stereocenters. The van der Waals surface area contributed by atoms with Crippen molar-refractivity contribution in [3.05, 3.63) is 24.3 Å². The highest BCUT2D eigenvalue weighted by Crippen LogP contribution is 2.24. The minimum Gasteiger partial charge on any atom is -0.376 e. The van der Waals surface area contributed by atoms with Crippen molar-refractivity contribution in [3.8, 4) is 0 Å². The summed E-state index contributed by atoms with van der Waals surface area (Å²) in [6.07, 6.45) is 2.46. The van der Waals surface area contributed by atoms with E-state index in [1.54, 1.807) is 0 Å². The Hall–Kier alpha value is -1.88. The highest BCUT2D eigenvalue weighted by molar-refractivity contribution is 5.89. The number of ether oxygens (including phenoxy) is 1. The fourth-order valence-electron chi connectivity index (χ4n) is 2.51. The van der Waals surface area contributed by atoms with Crippen LogP contribution < -0.4 is 11.1 Å². The van der Waals surface area contributed by atoms with Gasteiger partial charge in [-0.15, -0.1) is 0 Å². The third-order valence-electron chi connectivity index (χ3n) is 3.51. The van der Waals surface area contributed by atoms with E-state index in [1.165, 1.54) is 0 Å². The maximum atomic E-state index is 5.76. The lowest BCUT2D eigenvalue weighted by Crippen LogP contribution is -2.30. The summed E-state index contributed by atoms with van der Waals surface area (Å²) in [4.78, 5) is 8.55. The van der Waals surface area contributed by atoms with Crippen LogP contribution in [0.25, 0.3) is 10.9 Å². The molecule has 3 N–H and O–H groups in total. The standard InChI is InChI=1S/C14H18N4O/c1-9(12-7-4-8-19-12)16-13-10-5-2-3-6-11(10)17-14(15)18-13/h2-3,5-6,9,12H,4,7-8H2,1H3,(H3,15,16,17,18). The second-order valence-corrected chi connectivity index (χ2v) is 4.93. The van der Waals surface area contributed by atoms with Crippen LogP contribution in [0.5, 0.6) is 0 Å². The van der Waals surface area contributed by atoms with Crippen LogP contribution in [0.2, 0.25) is 0 Å². The van der Waals surface area contributed by atoms with Crippen LogP contribution in [0.15, 0.2) is 24.3 Å². The Morgan fingerprint density at radius 2 is 2.21 bits per heavy atom. The van der Waals surface area contributed by atoms with Gasteiger partial charge in [-0.3, -0.25) is 0 Å². The Balaban J connectivity index is 1.91. The Labute approximate surface area is 112 Å². The molecule has 0 spiro atoms. The van der Waals surface area contributed by atoms with E-state index in [1.807, 2.05) is 24.3 Å². The predicted octanol–water partition coefficient (Wildman–Crippen LogP) is 2.19. The lowest BCUT2D eigenvalue weighted by Gasteiger charge is -2.21. The third kappa shape index (κ3) is 2.46. The summed E-state index contributed by atoms with van der Waals surface area (Å²) < 4.78 is 5.69. The fourth-order valence-corrected chi connectivity index (χ4v) is 2.51. The molecule has 0 aliphatic carbocycles. The van der Waals surface area contributed by atoms with Crippen LogP contribution in [0.1, 0.15) is 19.8 Å². The van der Waals surface area contributed by atoms with E-state index in [9.17, 15) is 0 Å². The molecule has 0 amide bonds. The average Bonchev–Trinajstić information content (AvgIpc) is 2.92. The monoisotopic (exact) mass is 258 g/mol. The Morgan fingerprint density at radius 1 is 1.37 bits per heavy atom. The third-order valence-corrected chi connectivity index (χ3v) is 3.51. The first-order valence-corrected chi connectivity index (χ1v) is 6.64. The van der Waals surface area contributed by atoms with Gasteiger partial charge in [0, 0.05) is 12.0 Å². The van der Waals surface area contributed by atoms with Gasteiger partial charge < -0.3 is 15.8 Å². The van der Waals surface area contributed by atoms with Crippen molar-refractivity contribution in [1.29, 1.82) is 0 Å². The minimum atomic E-state index is 0.209. The number of hydrogen-bond acceptors (Lipinski definition) is 5. The average molecular weight is 258 g/mol. The smallest absolute Gasteiger partial charge is 0.222 e. The lowest BCUT2D eigenvalue weighted by atomic mass is 10.1. The van der Waals surface area contributed by atoms with Gasteiger partial charge >= 0.3 is 0 Å². The molecular formula is C14H18N4O. The molecule has 5 heteroatoms. The molecule has 1 aliphatic rings. The number of rotatable bonds is 3. The second kappa shape index (κ2) is 5.01. The number of anilines is 2. The quantitative estimate of drug-likeness (QED) is 0.883. The van der Waals surface area contributed by atoms with Gasteiger partial charge in [0.05, 0.1) is 17.7 Å². The first kappa shape index (κ1) is 12.2. The first-order valence-electron chi connectivity index (χ1n) is 6.64. The van der Waals surface area contributed by atoms with Crippen LogP contribution in [0.4, 0.5) is 11.8 Å². The molecule has 2 heterocycles. The fraction of sp³-hybridized carbons (Fsp3) is 0.429. The SMILES string of the molecule is CC(Nc1nc(N)nc2ccccc12)C1CCCO1. The molecule has 0 saturated carbocycles. The van der Waals surface area contributed by atoms with E-state index in [-0.39, 0.29) is 12.1 Å². The zero-order valence-electron chi connectivity index (χ0n) is 11.0. The van der Waals surface area contributed by atoms with Crippen molar-refractivity contribution in [1.82, 2.24) is 9.97 Å². The normalized spacial score (nSPS) is 20.6. The summed E-state index contributed by atoms with van der Waals surface area (Å²) in [5.74, 6) is 1.08. The molecular weight excluding hydrogens is 240 g/mol. The van der Waals surface area contributed by atoms with Crippen molar-refractivity contribution >= 4 is 22.7 Å². The molecule has 1 saturated heterocycles. The number of hydrogen-bond donors (Lipinski definition) is 2. The molecule has 0 bridgehead atoms. The summed E-state index contributed by atoms with van der Waals surface area (Å²) in [5.41, 5.74) is 6.62. The number of benzene rings is 1. The molecule has 0 radical (unpaired) electrons. The Morgan fingerprint density at radius 3 is 3.00 bits per heavy atom. The van der Waals surface area contributed by atoms with Crippen molar-refractivity contribution in [2.24, 2.45) is 0 Å². The highest BCUT2D eigenvalue weighted by atomic mass is 16.5. The largest absolute Gasteiger partial charge is 0.376 e. The minimum absolute atomic E-state index is 0.209. The topological polar surface area (TPSA) is 73.1 Å². The van der Waals surface area contributed by atoms with Gasteiger partial charge in [-0.05, 0) is 31.9 Å². The molecule has 2 atom stereocenters. The van der Waals surface area contributed by atoms with Crippen LogP contribution in [-0.2, 0) is 4.74 Å². The first-order chi connectivity index (χ1) is 9.24. The van der Waals surface area contributed by atoms with E-state index in [0.29, 0.717) is 5.95 Å². The van der Waals surface area contributed by atoms with Gasteiger partial charge in [0.15, 0.2) is 0 Å². The molecule has 1 aromatic heterocycles. The summed E-state index contributed by atoms with van der Waals surface area (Å²) in [5, 5.41) is 4.40. The van der Waals surface area contributed by atoms with E-state index in [2.05, 4.69) is 22.2 Å². The predicted molar refractivity (Wildman–Crippen MR) is 76.0 cm³/mol. The summed E-state index contributed by atoms with van der Waals surface area (Å²) in [6, 6.07) is 8.07. The summed E-state index contributed by atoms with van der Waals surface area (Å²) in [6.45, 7) is 2.96. The maximum absolute atomic E-state index is 5.76. The van der Waals surface area contributed by atoms with Gasteiger partial charge in [-0.25, -0.2) is 4.98 Å². The van der Waals surface area contributed by atoms with Gasteiger partial charge in [0.1, 0.15) is 5.82 Å². The number of nitrogen functional groups attached to an aromatic ring is 1. The Bertz CT molecular complexity index is 581. The number of aromatic nitrogens is 2. The van der Waals surface area contributed by atoms with Crippen molar-refractivity contribution < 1.29 is 4.74 Å². The zero-order chi connectivity index (χ0) is 13.2. The Kier molecular flexibility index (Phi) is 3.21. The number of nitrogens with one attached hydrogen (secondary N) is 1. The molecule has 5 nitrogen and oxygen atoms in total. The summed E-state index contributed by atoms with van der Waals surface area (Å²) >= 11 is 0. The van der Waals surface area contributed by atoms with Gasteiger partial charge in [0.2, 0.25) is 5.95 Å². The van der Waals surface area contributed by atoms with E-state index >= 15 is 0 Å². The molecule has 100 valence electrons. The molecule has 1 fully saturated rings. The molecule has 1 aliphatic heterocycles. The van der Waals surface area contributed by atoms with Crippen LogP contribution in [0.3, 0.4) is 0 Å². The van der Waals surface area contributed by atoms with E-state index in [0.717, 1.165) is 36.2 Å². The van der Waals surface area contributed by atoms with Crippen molar-refractivity contribution in [2.75, 3.05) is 17.7 Å². The van der Waals surface area contributed by atoms with Crippen LogP contribution >= 0.6 is 0 Å². The van der Waals surface area contributed by atoms with Gasteiger partial charge in [0.25, 0.3) is 0 Å². The lowest BCUT2D eigenvalue weighted by molar-refractivity contribution is 0.0996. The van der Waals surface area contributed by atoms with Crippen LogP contribution in [0, 0.1) is 0 Å². The van der Waals surface area contributed by atoms with Crippen LogP contribution in [-0.4, -0.2) is 28.7 Å². The highest BCUT2D eigenvalue weighted by Gasteiger charge is 2.23. The number of nitrogens with two attached hydrogens (primary N) is 1. The van der Waals surface area contributed by atoms with Gasteiger partial charge in [-0.2, -0.15) is 4.98 Å². The summed E-state index contributed by atoms with van der Waals surface area (Å²) in [7, 11) is 0. The number of nitrogens with zero attached hydrogens (tertiary/aromatic N) is 2. The van der Waals surface area contributed by atoms with E-state index in [4.69, 9.17) is 10.5 Å². The molecule has 19 heavy (non-hydrogen) atoms. The van der Waals surface area contributed by atoms with E-state index < -0.39 is 0 Å². The zero-order valence-corrected chi connectivity index (χ0v) is 11.0. The maximum Gasteiger partial charge on any atom is 0.222 e. The second-order valence-electron chi connectivity index (χ2n) is 4.93. The van der Waals surface area contributed by atoms with Gasteiger partial charge in [-0.1, -0.05) is 12.1 Å². The molecule has 3 rings (SSSR count). The number of para-hydroxylation sites is 1. The molecule has 1 aromatic carbocycles. The number of fused-ring (bicyclic) bond motifs is 1.